The van der Waals surface area contributed by atoms with Crippen LogP contribution in [0.15, 0.2) is 72.8 Å². The van der Waals surface area contributed by atoms with Crippen LogP contribution in [0.3, 0.4) is 0 Å². The Balaban J connectivity index is 1.52. The lowest BCUT2D eigenvalue weighted by Gasteiger charge is -2.10. The Morgan fingerprint density at radius 2 is 1.48 bits per heavy atom. The summed E-state index contributed by atoms with van der Waals surface area (Å²) in [5, 5.41) is 5.40. The molecule has 5 nitrogen and oxygen atoms in total. The maximum absolute atomic E-state index is 13.0. The van der Waals surface area contributed by atoms with E-state index in [2.05, 4.69) is 15.4 Å². The first-order valence-corrected chi connectivity index (χ1v) is 9.87. The monoisotopic (exact) mass is 460 g/mol. The van der Waals surface area contributed by atoms with Crippen LogP contribution in [0.4, 0.5) is 23.2 Å². The smallest absolute Gasteiger partial charge is 0.367 e. The Bertz CT molecular complexity index is 1100. The Kier molecular flexibility index (Phi) is 7.78. The van der Waals surface area contributed by atoms with E-state index in [1.807, 2.05) is 0 Å². The molecule has 33 heavy (non-hydrogen) atoms. The van der Waals surface area contributed by atoms with Gasteiger partial charge in [0.05, 0.1) is 6.61 Å². The SMILES string of the molecule is O=C(NCc1ccc(COCC(F)(F)F)cc1)c1cccc(NC(=O)c2ccc(F)cc2)c1. The molecular formula is C24H20F4N2O3. The van der Waals surface area contributed by atoms with E-state index in [0.717, 1.165) is 5.56 Å². The molecule has 0 spiro atoms. The number of ether oxygens (including phenoxy) is 1. The highest BCUT2D eigenvalue weighted by Gasteiger charge is 2.27. The topological polar surface area (TPSA) is 67.4 Å². The zero-order chi connectivity index (χ0) is 23.8. The molecule has 3 aromatic carbocycles. The van der Waals surface area contributed by atoms with Gasteiger partial charge in [0, 0.05) is 23.4 Å². The fourth-order valence-electron chi connectivity index (χ4n) is 2.87. The summed E-state index contributed by atoms with van der Waals surface area (Å²) in [7, 11) is 0. The molecule has 2 amide bonds. The predicted octanol–water partition coefficient (Wildman–Crippen LogP) is 5.09. The van der Waals surface area contributed by atoms with Crippen LogP contribution in [0.1, 0.15) is 31.8 Å². The summed E-state index contributed by atoms with van der Waals surface area (Å²) in [5.41, 5.74) is 2.34. The molecule has 172 valence electrons. The van der Waals surface area contributed by atoms with Crippen molar-refractivity contribution >= 4 is 17.5 Å². The lowest BCUT2D eigenvalue weighted by Crippen LogP contribution is -2.23. The van der Waals surface area contributed by atoms with Crippen LogP contribution in [0, 0.1) is 5.82 Å². The number of hydrogen-bond acceptors (Lipinski definition) is 3. The molecule has 0 atom stereocenters. The first kappa shape index (κ1) is 23.9. The van der Waals surface area contributed by atoms with Crippen LogP contribution < -0.4 is 10.6 Å². The van der Waals surface area contributed by atoms with Crippen molar-refractivity contribution in [2.45, 2.75) is 19.3 Å². The zero-order valence-electron chi connectivity index (χ0n) is 17.3. The fraction of sp³-hybridized carbons (Fsp3) is 0.167. The summed E-state index contributed by atoms with van der Waals surface area (Å²) in [6.07, 6.45) is -4.37. The van der Waals surface area contributed by atoms with E-state index in [1.54, 1.807) is 42.5 Å². The van der Waals surface area contributed by atoms with Crippen LogP contribution in [0.2, 0.25) is 0 Å². The third-order valence-corrected chi connectivity index (χ3v) is 4.50. The molecule has 0 aromatic heterocycles. The second-order valence-corrected chi connectivity index (χ2v) is 7.15. The van der Waals surface area contributed by atoms with Crippen molar-refractivity contribution in [2.24, 2.45) is 0 Å². The van der Waals surface area contributed by atoms with E-state index < -0.39 is 24.5 Å². The van der Waals surface area contributed by atoms with Gasteiger partial charge in [-0.2, -0.15) is 13.2 Å². The summed E-state index contributed by atoms with van der Waals surface area (Å²) >= 11 is 0. The van der Waals surface area contributed by atoms with E-state index >= 15 is 0 Å². The molecule has 0 bridgehead atoms. The molecule has 0 heterocycles. The Hall–Kier alpha value is -3.72. The number of amides is 2. The quantitative estimate of drug-likeness (QED) is 0.461. The molecule has 0 saturated heterocycles. The minimum absolute atomic E-state index is 0.164. The highest BCUT2D eigenvalue weighted by Crippen LogP contribution is 2.16. The second-order valence-electron chi connectivity index (χ2n) is 7.15. The Morgan fingerprint density at radius 1 is 0.818 bits per heavy atom. The van der Waals surface area contributed by atoms with E-state index in [1.165, 1.54) is 30.3 Å². The van der Waals surface area contributed by atoms with Crippen LogP contribution in [-0.4, -0.2) is 24.6 Å². The maximum Gasteiger partial charge on any atom is 0.411 e. The summed E-state index contributed by atoms with van der Waals surface area (Å²) in [6.45, 7) is -1.27. The van der Waals surface area contributed by atoms with Gasteiger partial charge >= 0.3 is 6.18 Å². The summed E-state index contributed by atoms with van der Waals surface area (Å²) in [5.74, 6) is -1.26. The molecule has 2 N–H and O–H groups in total. The average Bonchev–Trinajstić information content (AvgIpc) is 2.78. The Labute approximate surface area is 187 Å². The van der Waals surface area contributed by atoms with Gasteiger partial charge in [-0.3, -0.25) is 9.59 Å². The molecule has 0 fully saturated rings. The number of nitrogens with one attached hydrogen (secondary N) is 2. The van der Waals surface area contributed by atoms with Gasteiger partial charge in [-0.25, -0.2) is 4.39 Å². The van der Waals surface area contributed by atoms with Gasteiger partial charge in [0.1, 0.15) is 12.4 Å². The van der Waals surface area contributed by atoms with Crippen LogP contribution in [-0.2, 0) is 17.9 Å². The average molecular weight is 460 g/mol. The lowest BCUT2D eigenvalue weighted by molar-refractivity contribution is -0.176. The van der Waals surface area contributed by atoms with Crippen LogP contribution in [0.25, 0.3) is 0 Å². The van der Waals surface area contributed by atoms with Gasteiger partial charge in [-0.15, -0.1) is 0 Å². The van der Waals surface area contributed by atoms with Crippen LogP contribution >= 0.6 is 0 Å². The first-order valence-electron chi connectivity index (χ1n) is 9.87. The van der Waals surface area contributed by atoms with Crippen molar-refractivity contribution in [1.29, 1.82) is 0 Å². The summed E-state index contributed by atoms with van der Waals surface area (Å²) < 4.78 is 54.0. The molecule has 3 rings (SSSR count). The number of benzene rings is 3. The highest BCUT2D eigenvalue weighted by atomic mass is 19.4. The molecule has 0 saturated carbocycles. The van der Waals surface area contributed by atoms with Gasteiger partial charge in [0.2, 0.25) is 0 Å². The number of anilines is 1. The molecule has 9 heteroatoms. The molecule has 0 unspecified atom stereocenters. The molecule has 0 aliphatic rings. The largest absolute Gasteiger partial charge is 0.411 e. The van der Waals surface area contributed by atoms with Gasteiger partial charge < -0.3 is 15.4 Å². The van der Waals surface area contributed by atoms with Crippen molar-refractivity contribution in [1.82, 2.24) is 5.32 Å². The minimum atomic E-state index is -4.37. The van der Waals surface area contributed by atoms with Crippen molar-refractivity contribution in [3.8, 4) is 0 Å². The number of alkyl halides is 3. The number of carbonyl (C=O) groups excluding carboxylic acids is 2. The number of halogens is 4. The third-order valence-electron chi connectivity index (χ3n) is 4.50. The van der Waals surface area contributed by atoms with E-state index in [4.69, 9.17) is 0 Å². The van der Waals surface area contributed by atoms with Crippen molar-refractivity contribution in [2.75, 3.05) is 11.9 Å². The Morgan fingerprint density at radius 3 is 2.15 bits per heavy atom. The molecule has 0 aliphatic heterocycles. The van der Waals surface area contributed by atoms with E-state index in [9.17, 15) is 27.2 Å². The van der Waals surface area contributed by atoms with Crippen molar-refractivity contribution < 1.29 is 31.9 Å². The van der Waals surface area contributed by atoms with Gasteiger partial charge in [0.25, 0.3) is 11.8 Å². The van der Waals surface area contributed by atoms with E-state index in [-0.39, 0.29) is 24.6 Å². The highest BCUT2D eigenvalue weighted by molar-refractivity contribution is 6.05. The van der Waals surface area contributed by atoms with Gasteiger partial charge in [-0.1, -0.05) is 30.3 Å². The second kappa shape index (κ2) is 10.7. The molecule has 0 aliphatic carbocycles. The standard InChI is InChI=1S/C24H20F4N2O3/c25-20-10-8-18(9-11-20)23(32)30-21-3-1-2-19(12-21)22(31)29-13-16-4-6-17(7-5-16)14-33-15-24(26,27)28/h1-12H,13-15H2,(H,29,31)(H,30,32). The lowest BCUT2D eigenvalue weighted by atomic mass is 10.1. The molecular weight excluding hydrogens is 440 g/mol. The third kappa shape index (κ3) is 7.73. The number of carbonyl (C=O) groups is 2. The first-order chi connectivity index (χ1) is 15.7. The normalized spacial score (nSPS) is 11.2. The van der Waals surface area contributed by atoms with Gasteiger partial charge in [0.15, 0.2) is 0 Å². The fourth-order valence-corrected chi connectivity index (χ4v) is 2.87. The molecule has 3 aromatic rings. The molecule has 0 radical (unpaired) electrons. The maximum atomic E-state index is 13.0. The number of hydrogen-bond donors (Lipinski definition) is 2. The zero-order valence-corrected chi connectivity index (χ0v) is 17.3. The van der Waals surface area contributed by atoms with Crippen molar-refractivity contribution in [3.63, 3.8) is 0 Å². The van der Waals surface area contributed by atoms with E-state index in [0.29, 0.717) is 16.8 Å². The summed E-state index contributed by atoms with van der Waals surface area (Å²) in [4.78, 5) is 24.7. The summed E-state index contributed by atoms with van der Waals surface area (Å²) in [6, 6.07) is 18.0. The number of rotatable bonds is 8. The van der Waals surface area contributed by atoms with Crippen molar-refractivity contribution in [3.05, 3.63) is 101 Å². The minimum Gasteiger partial charge on any atom is -0.367 e. The van der Waals surface area contributed by atoms with Crippen LogP contribution in [0.5, 0.6) is 0 Å². The van der Waals surface area contributed by atoms with Gasteiger partial charge in [-0.05, 0) is 53.6 Å². The predicted molar refractivity (Wildman–Crippen MR) is 114 cm³/mol.